The Labute approximate surface area is 185 Å². The summed E-state index contributed by atoms with van der Waals surface area (Å²) >= 11 is 0. The lowest BCUT2D eigenvalue weighted by atomic mass is 9.67. The maximum Gasteiger partial charge on any atom is 0.233 e. The highest BCUT2D eigenvalue weighted by atomic mass is 16.5. The van der Waals surface area contributed by atoms with E-state index >= 15 is 0 Å². The van der Waals surface area contributed by atoms with E-state index in [1.54, 1.807) is 13.3 Å². The van der Waals surface area contributed by atoms with E-state index in [0.29, 0.717) is 5.82 Å². The molecule has 1 amide bonds. The number of carbonyl (C=O) groups excluding carboxylic acids is 1. The SMILES string of the molecule is CCC1(C(=O)Nc2ccccn2)CCCCC1N1CCN(c2ccccc2OC)CC1. The van der Waals surface area contributed by atoms with Crippen LogP contribution in [0, 0.1) is 5.41 Å². The van der Waals surface area contributed by atoms with Crippen LogP contribution >= 0.6 is 0 Å². The van der Waals surface area contributed by atoms with Gasteiger partial charge in [0, 0.05) is 38.4 Å². The molecule has 1 aliphatic carbocycles. The van der Waals surface area contributed by atoms with Crippen molar-refractivity contribution in [3.8, 4) is 5.75 Å². The minimum absolute atomic E-state index is 0.130. The summed E-state index contributed by atoms with van der Waals surface area (Å²) < 4.78 is 5.57. The average molecular weight is 423 g/mol. The molecular weight excluding hydrogens is 388 g/mol. The van der Waals surface area contributed by atoms with Gasteiger partial charge in [-0.15, -0.1) is 0 Å². The first-order valence-electron chi connectivity index (χ1n) is 11.5. The molecule has 0 radical (unpaired) electrons. The molecule has 1 N–H and O–H groups in total. The van der Waals surface area contributed by atoms with Crippen molar-refractivity contribution in [3.63, 3.8) is 0 Å². The van der Waals surface area contributed by atoms with E-state index < -0.39 is 0 Å². The number of piperazine rings is 1. The Hall–Kier alpha value is -2.60. The molecule has 4 rings (SSSR count). The van der Waals surface area contributed by atoms with Gasteiger partial charge in [0.25, 0.3) is 0 Å². The van der Waals surface area contributed by atoms with E-state index in [2.05, 4.69) is 39.2 Å². The second-order valence-corrected chi connectivity index (χ2v) is 8.64. The van der Waals surface area contributed by atoms with E-state index in [0.717, 1.165) is 63.3 Å². The highest BCUT2D eigenvalue weighted by molar-refractivity contribution is 5.95. The number of nitrogens with zero attached hydrogens (tertiary/aromatic N) is 3. The number of rotatable bonds is 6. The van der Waals surface area contributed by atoms with Gasteiger partial charge in [0.2, 0.25) is 5.91 Å². The Kier molecular flexibility index (Phi) is 6.76. The third kappa shape index (κ3) is 4.40. The van der Waals surface area contributed by atoms with Crippen LogP contribution in [0.25, 0.3) is 0 Å². The highest BCUT2D eigenvalue weighted by Gasteiger charge is 2.48. The Balaban J connectivity index is 1.49. The Bertz CT molecular complexity index is 867. The topological polar surface area (TPSA) is 57.7 Å². The first kappa shape index (κ1) is 21.6. The molecule has 166 valence electrons. The number of benzene rings is 1. The Morgan fingerprint density at radius 2 is 1.90 bits per heavy atom. The van der Waals surface area contributed by atoms with E-state index in [1.807, 2.05) is 30.3 Å². The number of carbonyl (C=O) groups is 1. The number of methoxy groups -OCH3 is 1. The van der Waals surface area contributed by atoms with Gasteiger partial charge in [-0.1, -0.05) is 38.0 Å². The fourth-order valence-electron chi connectivity index (χ4n) is 5.43. The van der Waals surface area contributed by atoms with Crippen LogP contribution in [-0.2, 0) is 4.79 Å². The predicted octanol–water partition coefficient (Wildman–Crippen LogP) is 4.19. The van der Waals surface area contributed by atoms with Crippen LogP contribution in [0.2, 0.25) is 0 Å². The fraction of sp³-hybridized carbons (Fsp3) is 0.520. The van der Waals surface area contributed by atoms with Gasteiger partial charge in [0.15, 0.2) is 0 Å². The number of ether oxygens (including phenoxy) is 1. The number of nitrogens with one attached hydrogen (secondary N) is 1. The number of anilines is 2. The summed E-state index contributed by atoms with van der Waals surface area (Å²) in [4.78, 5) is 22.8. The highest BCUT2D eigenvalue weighted by Crippen LogP contribution is 2.43. The maximum atomic E-state index is 13.5. The summed E-state index contributed by atoms with van der Waals surface area (Å²) in [7, 11) is 1.73. The van der Waals surface area contributed by atoms with Gasteiger partial charge in [-0.3, -0.25) is 9.69 Å². The molecule has 1 aromatic heterocycles. The van der Waals surface area contributed by atoms with Crippen molar-refractivity contribution >= 4 is 17.4 Å². The second kappa shape index (κ2) is 9.69. The molecule has 2 heterocycles. The first-order valence-corrected chi connectivity index (χ1v) is 11.5. The van der Waals surface area contributed by atoms with E-state index in [4.69, 9.17) is 4.74 Å². The molecule has 0 bridgehead atoms. The van der Waals surface area contributed by atoms with Crippen LogP contribution in [0.4, 0.5) is 11.5 Å². The monoisotopic (exact) mass is 422 g/mol. The molecule has 6 heteroatoms. The summed E-state index contributed by atoms with van der Waals surface area (Å²) in [5, 5.41) is 3.12. The van der Waals surface area contributed by atoms with Crippen LogP contribution in [-0.4, -0.2) is 55.1 Å². The molecule has 1 aliphatic heterocycles. The van der Waals surface area contributed by atoms with E-state index in [-0.39, 0.29) is 17.4 Å². The molecule has 2 atom stereocenters. The van der Waals surface area contributed by atoms with Gasteiger partial charge < -0.3 is 15.0 Å². The number of hydrogen-bond donors (Lipinski definition) is 1. The molecular formula is C25H34N4O2. The smallest absolute Gasteiger partial charge is 0.233 e. The van der Waals surface area contributed by atoms with E-state index in [1.165, 1.54) is 6.42 Å². The molecule has 31 heavy (non-hydrogen) atoms. The molecule has 6 nitrogen and oxygen atoms in total. The van der Waals surface area contributed by atoms with Crippen molar-refractivity contribution in [2.24, 2.45) is 5.41 Å². The van der Waals surface area contributed by atoms with Crippen LogP contribution < -0.4 is 15.0 Å². The predicted molar refractivity (Wildman–Crippen MR) is 125 cm³/mol. The van der Waals surface area contributed by atoms with Gasteiger partial charge in [-0.05, 0) is 43.5 Å². The van der Waals surface area contributed by atoms with Crippen molar-refractivity contribution in [1.29, 1.82) is 0 Å². The van der Waals surface area contributed by atoms with Crippen LogP contribution in [0.1, 0.15) is 39.0 Å². The molecule has 1 aromatic carbocycles. The Morgan fingerprint density at radius 3 is 2.61 bits per heavy atom. The molecule has 2 aromatic rings. The summed E-state index contributed by atoms with van der Waals surface area (Å²) in [6, 6.07) is 14.2. The Morgan fingerprint density at radius 1 is 1.13 bits per heavy atom. The lowest BCUT2D eigenvalue weighted by Crippen LogP contribution is -2.59. The molecule has 0 spiro atoms. The van der Waals surface area contributed by atoms with Gasteiger partial charge in [0.05, 0.1) is 18.2 Å². The molecule has 1 saturated carbocycles. The lowest BCUT2D eigenvalue weighted by Gasteiger charge is -2.50. The third-order valence-electron chi connectivity index (χ3n) is 7.16. The van der Waals surface area contributed by atoms with Crippen molar-refractivity contribution in [3.05, 3.63) is 48.7 Å². The molecule has 2 fully saturated rings. The van der Waals surface area contributed by atoms with E-state index in [9.17, 15) is 4.79 Å². The lowest BCUT2D eigenvalue weighted by molar-refractivity contribution is -0.133. The van der Waals surface area contributed by atoms with Gasteiger partial charge >= 0.3 is 0 Å². The summed E-state index contributed by atoms with van der Waals surface area (Å²) in [5.41, 5.74) is 0.797. The summed E-state index contributed by atoms with van der Waals surface area (Å²) in [6.45, 7) is 5.97. The number of hydrogen-bond acceptors (Lipinski definition) is 5. The van der Waals surface area contributed by atoms with Crippen LogP contribution in [0.3, 0.4) is 0 Å². The van der Waals surface area contributed by atoms with Crippen molar-refractivity contribution in [1.82, 2.24) is 9.88 Å². The van der Waals surface area contributed by atoms with Crippen molar-refractivity contribution in [2.45, 2.75) is 45.1 Å². The molecule has 2 aliphatic rings. The normalized spacial score (nSPS) is 24.6. The number of amides is 1. The van der Waals surface area contributed by atoms with Gasteiger partial charge in [-0.2, -0.15) is 0 Å². The van der Waals surface area contributed by atoms with Crippen LogP contribution in [0.5, 0.6) is 5.75 Å². The standard InChI is InChI=1S/C25H34N4O2/c1-3-25(24(30)27-23-13-7-9-15-26-23)14-8-6-12-22(25)29-18-16-28(17-19-29)20-10-4-5-11-21(20)31-2/h4-5,7,9-11,13,15,22H,3,6,8,12,14,16-19H2,1-2H3,(H,26,27,30). The first-order chi connectivity index (χ1) is 15.2. The van der Waals surface area contributed by atoms with Gasteiger partial charge in [0.1, 0.15) is 11.6 Å². The number of pyridine rings is 1. The fourth-order valence-corrected chi connectivity index (χ4v) is 5.43. The maximum absolute atomic E-state index is 13.5. The largest absolute Gasteiger partial charge is 0.495 e. The van der Waals surface area contributed by atoms with Crippen molar-refractivity contribution < 1.29 is 9.53 Å². The summed E-state index contributed by atoms with van der Waals surface area (Å²) in [5.74, 6) is 1.70. The number of para-hydroxylation sites is 2. The third-order valence-corrected chi connectivity index (χ3v) is 7.16. The van der Waals surface area contributed by atoms with Gasteiger partial charge in [-0.25, -0.2) is 4.98 Å². The zero-order valence-electron chi connectivity index (χ0n) is 18.7. The minimum Gasteiger partial charge on any atom is -0.495 e. The zero-order valence-corrected chi connectivity index (χ0v) is 18.7. The quantitative estimate of drug-likeness (QED) is 0.756. The van der Waals surface area contributed by atoms with Crippen LogP contribution in [0.15, 0.2) is 48.7 Å². The molecule has 1 saturated heterocycles. The minimum atomic E-state index is -0.359. The second-order valence-electron chi connectivity index (χ2n) is 8.64. The molecule has 2 unspecified atom stereocenters. The van der Waals surface area contributed by atoms with Crippen molar-refractivity contribution in [2.75, 3.05) is 43.5 Å². The number of aromatic nitrogens is 1. The summed E-state index contributed by atoms with van der Waals surface area (Å²) in [6.07, 6.45) is 6.90. The zero-order chi connectivity index (χ0) is 21.7. The average Bonchev–Trinajstić information content (AvgIpc) is 2.84.